The summed E-state index contributed by atoms with van der Waals surface area (Å²) in [4.78, 5) is 24.4. The van der Waals surface area contributed by atoms with E-state index in [1.165, 1.54) is 12.2 Å². The Kier molecular flexibility index (Phi) is 7.60. The van der Waals surface area contributed by atoms with Gasteiger partial charge in [0, 0.05) is 6.08 Å². The van der Waals surface area contributed by atoms with Crippen LogP contribution in [0.1, 0.15) is 11.1 Å². The molecule has 2 rings (SSSR count). The molecular formula is C22H21NO4. The molecule has 138 valence electrons. The van der Waals surface area contributed by atoms with Crippen LogP contribution in [0.2, 0.25) is 0 Å². The van der Waals surface area contributed by atoms with Gasteiger partial charge >= 0.3 is 5.97 Å². The van der Waals surface area contributed by atoms with Gasteiger partial charge in [0.2, 0.25) is 5.91 Å². The van der Waals surface area contributed by atoms with Crippen molar-refractivity contribution in [2.45, 2.75) is 0 Å². The van der Waals surface area contributed by atoms with Crippen molar-refractivity contribution < 1.29 is 19.1 Å². The molecule has 1 N–H and O–H groups in total. The van der Waals surface area contributed by atoms with Crippen LogP contribution in [0.25, 0.3) is 12.2 Å². The molecule has 0 unspecified atom stereocenters. The lowest BCUT2D eigenvalue weighted by Crippen LogP contribution is -2.27. The zero-order valence-electron chi connectivity index (χ0n) is 15.1. The van der Waals surface area contributed by atoms with E-state index in [-0.39, 0.29) is 12.3 Å². The van der Waals surface area contributed by atoms with Crippen molar-refractivity contribution in [3.8, 4) is 5.75 Å². The summed E-state index contributed by atoms with van der Waals surface area (Å²) in [5.74, 6) is -0.390. The van der Waals surface area contributed by atoms with Crippen LogP contribution in [0.3, 0.4) is 0 Å². The standard InChI is InChI=1S/C22H21NO4/c1-3-15-27-22(25)20(16-18-9-12-19(26-2)13-10-18)23-21(24)14-11-17-7-5-4-6-8-17/h3-14,16H,1,15H2,2H3,(H,23,24)/b14-11+,20-16+. The molecule has 0 atom stereocenters. The molecule has 2 aromatic rings. The van der Waals surface area contributed by atoms with Gasteiger partial charge < -0.3 is 14.8 Å². The summed E-state index contributed by atoms with van der Waals surface area (Å²) in [5.41, 5.74) is 1.63. The number of ether oxygens (including phenoxy) is 2. The maximum atomic E-state index is 12.2. The molecular weight excluding hydrogens is 342 g/mol. The van der Waals surface area contributed by atoms with Gasteiger partial charge in [-0.15, -0.1) is 0 Å². The van der Waals surface area contributed by atoms with Crippen molar-refractivity contribution in [2.75, 3.05) is 13.7 Å². The number of hydrogen-bond donors (Lipinski definition) is 1. The van der Waals surface area contributed by atoms with Gasteiger partial charge in [-0.05, 0) is 35.4 Å². The highest BCUT2D eigenvalue weighted by atomic mass is 16.5. The molecule has 5 heteroatoms. The van der Waals surface area contributed by atoms with E-state index in [9.17, 15) is 9.59 Å². The minimum atomic E-state index is -0.646. The molecule has 0 spiro atoms. The highest BCUT2D eigenvalue weighted by molar-refractivity contribution is 6.02. The highest BCUT2D eigenvalue weighted by Crippen LogP contribution is 2.14. The Balaban J connectivity index is 2.16. The molecule has 5 nitrogen and oxygen atoms in total. The Morgan fingerprint density at radius 2 is 1.74 bits per heavy atom. The molecule has 0 aliphatic heterocycles. The van der Waals surface area contributed by atoms with Crippen LogP contribution in [0, 0.1) is 0 Å². The fourth-order valence-corrected chi connectivity index (χ4v) is 2.14. The maximum Gasteiger partial charge on any atom is 0.355 e. The first-order chi connectivity index (χ1) is 13.1. The molecule has 0 aliphatic rings. The zero-order chi connectivity index (χ0) is 19.5. The van der Waals surface area contributed by atoms with Gasteiger partial charge in [0.1, 0.15) is 18.1 Å². The predicted octanol–water partition coefficient (Wildman–Crippen LogP) is 3.59. The topological polar surface area (TPSA) is 64.6 Å². The van der Waals surface area contributed by atoms with E-state index in [1.54, 1.807) is 43.5 Å². The van der Waals surface area contributed by atoms with Crippen molar-refractivity contribution in [3.05, 3.63) is 90.2 Å². The monoisotopic (exact) mass is 363 g/mol. The van der Waals surface area contributed by atoms with Crippen LogP contribution in [-0.4, -0.2) is 25.6 Å². The summed E-state index contributed by atoms with van der Waals surface area (Å²) in [6, 6.07) is 16.4. The van der Waals surface area contributed by atoms with E-state index in [1.807, 2.05) is 30.3 Å². The largest absolute Gasteiger partial charge is 0.497 e. The van der Waals surface area contributed by atoms with E-state index < -0.39 is 11.9 Å². The Hall–Kier alpha value is -3.60. The molecule has 0 bridgehead atoms. The quantitative estimate of drug-likeness (QED) is 0.442. The second-order valence-electron chi connectivity index (χ2n) is 5.45. The number of hydrogen-bond acceptors (Lipinski definition) is 4. The van der Waals surface area contributed by atoms with E-state index in [2.05, 4.69) is 11.9 Å². The third-order valence-corrected chi connectivity index (χ3v) is 3.46. The Bertz CT molecular complexity index is 836. The number of benzene rings is 2. The fraction of sp³-hybridized carbons (Fsp3) is 0.0909. The Morgan fingerprint density at radius 1 is 1.04 bits per heavy atom. The molecule has 0 radical (unpaired) electrons. The summed E-state index contributed by atoms with van der Waals surface area (Å²) in [6.07, 6.45) is 6.02. The molecule has 0 aliphatic carbocycles. The summed E-state index contributed by atoms with van der Waals surface area (Å²) in [5, 5.41) is 2.57. The number of nitrogens with one attached hydrogen (secondary N) is 1. The van der Waals surface area contributed by atoms with Crippen LogP contribution < -0.4 is 10.1 Å². The SMILES string of the molecule is C=CCOC(=O)/C(=C\c1ccc(OC)cc1)NC(=O)/C=C/c1ccccc1. The van der Waals surface area contributed by atoms with E-state index in [0.717, 1.165) is 5.56 Å². The Morgan fingerprint density at radius 3 is 2.37 bits per heavy atom. The highest BCUT2D eigenvalue weighted by Gasteiger charge is 2.13. The van der Waals surface area contributed by atoms with E-state index >= 15 is 0 Å². The summed E-state index contributed by atoms with van der Waals surface area (Å²) < 4.78 is 10.2. The number of methoxy groups -OCH3 is 1. The van der Waals surface area contributed by atoms with Crippen LogP contribution in [0.5, 0.6) is 5.75 Å². The van der Waals surface area contributed by atoms with Crippen LogP contribution in [0.4, 0.5) is 0 Å². The smallest absolute Gasteiger partial charge is 0.355 e. The second-order valence-corrected chi connectivity index (χ2v) is 5.45. The van der Waals surface area contributed by atoms with Gasteiger partial charge in [0.25, 0.3) is 0 Å². The third kappa shape index (κ3) is 6.66. The minimum Gasteiger partial charge on any atom is -0.497 e. The van der Waals surface area contributed by atoms with Crippen molar-refractivity contribution in [2.24, 2.45) is 0 Å². The molecule has 27 heavy (non-hydrogen) atoms. The molecule has 0 saturated carbocycles. The third-order valence-electron chi connectivity index (χ3n) is 3.46. The van der Waals surface area contributed by atoms with Crippen LogP contribution in [-0.2, 0) is 14.3 Å². The van der Waals surface area contributed by atoms with Gasteiger partial charge in [-0.1, -0.05) is 55.1 Å². The second kappa shape index (κ2) is 10.4. The van der Waals surface area contributed by atoms with Crippen molar-refractivity contribution in [3.63, 3.8) is 0 Å². The lowest BCUT2D eigenvalue weighted by molar-refractivity contribution is -0.139. The lowest BCUT2D eigenvalue weighted by atomic mass is 10.2. The summed E-state index contributed by atoms with van der Waals surface area (Å²) in [6.45, 7) is 3.56. The van der Waals surface area contributed by atoms with Gasteiger partial charge in [0.05, 0.1) is 7.11 Å². The first kappa shape index (κ1) is 19.7. The Labute approximate surface area is 158 Å². The molecule has 0 fully saturated rings. The normalized spacial score (nSPS) is 11.1. The van der Waals surface area contributed by atoms with Gasteiger partial charge in [-0.25, -0.2) is 4.79 Å². The zero-order valence-corrected chi connectivity index (χ0v) is 15.1. The maximum absolute atomic E-state index is 12.2. The molecule has 0 aromatic heterocycles. The van der Waals surface area contributed by atoms with Crippen LogP contribution >= 0.6 is 0 Å². The van der Waals surface area contributed by atoms with Gasteiger partial charge in [-0.2, -0.15) is 0 Å². The average Bonchev–Trinajstić information content (AvgIpc) is 2.71. The van der Waals surface area contributed by atoms with Crippen molar-refractivity contribution in [1.29, 1.82) is 0 Å². The van der Waals surface area contributed by atoms with Crippen molar-refractivity contribution >= 4 is 24.0 Å². The molecule has 1 amide bonds. The predicted molar refractivity (Wildman–Crippen MR) is 106 cm³/mol. The van der Waals surface area contributed by atoms with E-state index in [0.29, 0.717) is 11.3 Å². The number of amides is 1. The summed E-state index contributed by atoms with van der Waals surface area (Å²) in [7, 11) is 1.57. The lowest BCUT2D eigenvalue weighted by Gasteiger charge is -2.08. The molecule has 2 aromatic carbocycles. The first-order valence-corrected chi connectivity index (χ1v) is 8.30. The first-order valence-electron chi connectivity index (χ1n) is 8.30. The minimum absolute atomic E-state index is 0.0322. The number of rotatable bonds is 8. The number of esters is 1. The van der Waals surface area contributed by atoms with Crippen LogP contribution in [0.15, 0.2) is 79.0 Å². The molecule has 0 heterocycles. The average molecular weight is 363 g/mol. The van der Waals surface area contributed by atoms with E-state index in [4.69, 9.17) is 9.47 Å². The molecule has 0 saturated heterocycles. The number of carbonyl (C=O) groups excluding carboxylic acids is 2. The number of carbonyl (C=O) groups is 2. The summed E-state index contributed by atoms with van der Waals surface area (Å²) >= 11 is 0. The van der Waals surface area contributed by atoms with Gasteiger partial charge in [0.15, 0.2) is 0 Å². The van der Waals surface area contributed by atoms with Gasteiger partial charge in [-0.3, -0.25) is 4.79 Å². The van der Waals surface area contributed by atoms with Crippen molar-refractivity contribution in [1.82, 2.24) is 5.32 Å². The fourth-order valence-electron chi connectivity index (χ4n) is 2.14.